The first-order valence-corrected chi connectivity index (χ1v) is 13.2. The zero-order valence-electron chi connectivity index (χ0n) is 22.5. The van der Waals surface area contributed by atoms with E-state index in [1.54, 1.807) is 55.9 Å². The Bertz CT molecular complexity index is 1990. The van der Waals surface area contributed by atoms with Crippen molar-refractivity contribution in [3.05, 3.63) is 124 Å². The van der Waals surface area contributed by atoms with E-state index in [1.807, 2.05) is 12.1 Å². The van der Waals surface area contributed by atoms with Crippen molar-refractivity contribution < 1.29 is 13.5 Å². The van der Waals surface area contributed by atoms with E-state index in [-0.39, 0.29) is 27.8 Å². The van der Waals surface area contributed by atoms with Gasteiger partial charge in [-0.1, -0.05) is 31.2 Å². The van der Waals surface area contributed by atoms with Crippen LogP contribution in [0.3, 0.4) is 0 Å². The fourth-order valence-corrected chi connectivity index (χ4v) is 5.14. The molecule has 0 saturated carbocycles. The second-order valence-corrected chi connectivity index (χ2v) is 9.71. The smallest absolute Gasteiger partial charge is 0.201 e. The number of aromatic nitrogens is 3. The Morgan fingerprint density at radius 3 is 2.49 bits per heavy atom. The van der Waals surface area contributed by atoms with Gasteiger partial charge in [-0.25, -0.2) is 13.8 Å². The molecule has 0 radical (unpaired) electrons. The number of aryl methyl sites for hydroxylation is 1. The van der Waals surface area contributed by atoms with Crippen molar-refractivity contribution >= 4 is 33.3 Å². The number of pyridine rings is 3. The van der Waals surface area contributed by atoms with Crippen LogP contribution in [0, 0.1) is 11.6 Å². The van der Waals surface area contributed by atoms with Crippen LogP contribution in [-0.4, -0.2) is 22.1 Å². The molecule has 0 unspecified atom stereocenters. The van der Waals surface area contributed by atoms with Gasteiger partial charge in [0.15, 0.2) is 0 Å². The Kier molecular flexibility index (Phi) is 6.89. The van der Waals surface area contributed by atoms with Crippen molar-refractivity contribution in [2.75, 3.05) is 12.4 Å². The molecule has 6 rings (SSSR count). The summed E-state index contributed by atoms with van der Waals surface area (Å²) in [4.78, 5) is 25.3. The predicted molar refractivity (Wildman–Crippen MR) is 158 cm³/mol. The molecule has 204 valence electrons. The van der Waals surface area contributed by atoms with E-state index >= 15 is 4.39 Å². The van der Waals surface area contributed by atoms with Gasteiger partial charge in [0, 0.05) is 53.3 Å². The van der Waals surface area contributed by atoms with Gasteiger partial charge in [0.05, 0.1) is 23.5 Å². The molecule has 0 amide bonds. The monoisotopic (exact) mass is 548 g/mol. The Balaban J connectivity index is 1.33. The van der Waals surface area contributed by atoms with Crippen LogP contribution in [0.4, 0.5) is 20.3 Å². The third kappa shape index (κ3) is 4.89. The number of rotatable bonds is 7. The lowest BCUT2D eigenvalue weighted by atomic mass is 9.98. The lowest BCUT2D eigenvalue weighted by Crippen LogP contribution is -2.10. The van der Waals surface area contributed by atoms with E-state index in [0.717, 1.165) is 34.2 Å². The average Bonchev–Trinajstić information content (AvgIpc) is 2.98. The fourth-order valence-electron chi connectivity index (χ4n) is 5.14. The number of halogens is 2. The maximum atomic E-state index is 15.4. The fraction of sp³-hybridized carbons (Fsp3) is 0.121. The first-order valence-electron chi connectivity index (χ1n) is 13.2. The van der Waals surface area contributed by atoms with Crippen LogP contribution in [0.5, 0.6) is 5.75 Å². The Morgan fingerprint density at radius 1 is 0.878 bits per heavy atom. The van der Waals surface area contributed by atoms with E-state index < -0.39 is 11.6 Å². The van der Waals surface area contributed by atoms with Gasteiger partial charge in [-0.3, -0.25) is 9.78 Å². The van der Waals surface area contributed by atoms with Gasteiger partial charge in [0.25, 0.3) is 0 Å². The van der Waals surface area contributed by atoms with Crippen LogP contribution in [0.25, 0.3) is 32.9 Å². The van der Waals surface area contributed by atoms with Crippen LogP contribution in [0.2, 0.25) is 0 Å². The van der Waals surface area contributed by atoms with Gasteiger partial charge in [0.2, 0.25) is 5.43 Å². The molecule has 0 atom stereocenters. The molecule has 0 bridgehead atoms. The summed E-state index contributed by atoms with van der Waals surface area (Å²) in [7, 11) is 1.64. The second kappa shape index (κ2) is 10.8. The number of nitrogens with one attached hydrogen (secondary N) is 2. The van der Waals surface area contributed by atoms with Crippen molar-refractivity contribution in [2.45, 2.75) is 19.8 Å². The third-order valence-corrected chi connectivity index (χ3v) is 7.27. The van der Waals surface area contributed by atoms with Gasteiger partial charge in [-0.15, -0.1) is 0 Å². The molecule has 2 N–H and O–H groups in total. The van der Waals surface area contributed by atoms with Crippen molar-refractivity contribution in [3.8, 4) is 16.9 Å². The summed E-state index contributed by atoms with van der Waals surface area (Å²) in [5.41, 5.74) is 4.26. The highest BCUT2D eigenvalue weighted by molar-refractivity contribution is 5.93. The van der Waals surface area contributed by atoms with E-state index in [2.05, 4.69) is 33.3 Å². The number of hydrogen-bond donors (Lipinski definition) is 2. The standard InChI is InChI=1S/C33H26F2N4O2/c1-3-19-15-24-20(10-12-36-29(24)17-30(19)41-2)14-21-8-9-22(16-27(21)35)39-33-31-28(11-13-37-33)38-18-25(32(31)40)23-6-4-5-7-26(23)34/h4-13,15-18H,3,14H2,1-2H3,(H,37,39)(H,38,40). The highest BCUT2D eigenvalue weighted by Crippen LogP contribution is 2.30. The predicted octanol–water partition coefficient (Wildman–Crippen LogP) is 7.32. The number of aromatic amines is 1. The molecule has 0 aliphatic heterocycles. The van der Waals surface area contributed by atoms with Crippen LogP contribution in [0.15, 0.2) is 90.1 Å². The second-order valence-electron chi connectivity index (χ2n) is 9.71. The molecular weight excluding hydrogens is 522 g/mol. The average molecular weight is 549 g/mol. The number of fused-ring (bicyclic) bond motifs is 2. The highest BCUT2D eigenvalue weighted by Gasteiger charge is 2.16. The minimum absolute atomic E-state index is 0.182. The van der Waals surface area contributed by atoms with E-state index in [0.29, 0.717) is 23.2 Å². The van der Waals surface area contributed by atoms with E-state index in [1.165, 1.54) is 18.3 Å². The zero-order chi connectivity index (χ0) is 28.5. The summed E-state index contributed by atoms with van der Waals surface area (Å²) < 4.78 is 35.4. The molecule has 0 saturated heterocycles. The number of anilines is 2. The zero-order valence-corrected chi connectivity index (χ0v) is 22.5. The summed E-state index contributed by atoms with van der Waals surface area (Å²) in [5, 5.41) is 4.29. The molecule has 0 aliphatic rings. The molecule has 41 heavy (non-hydrogen) atoms. The molecule has 0 fully saturated rings. The normalized spacial score (nSPS) is 11.2. The Labute approximate surface area is 234 Å². The number of methoxy groups -OCH3 is 1. The molecule has 3 aromatic carbocycles. The number of nitrogens with zero attached hydrogens (tertiary/aromatic N) is 2. The minimum Gasteiger partial charge on any atom is -0.496 e. The third-order valence-electron chi connectivity index (χ3n) is 7.27. The molecule has 3 heterocycles. The molecule has 3 aromatic heterocycles. The minimum atomic E-state index is -0.500. The molecule has 6 aromatic rings. The lowest BCUT2D eigenvalue weighted by molar-refractivity contribution is 0.410. The maximum Gasteiger partial charge on any atom is 0.201 e. The van der Waals surface area contributed by atoms with Gasteiger partial charge >= 0.3 is 0 Å². The van der Waals surface area contributed by atoms with E-state index in [4.69, 9.17) is 4.74 Å². The van der Waals surface area contributed by atoms with E-state index in [9.17, 15) is 9.18 Å². The van der Waals surface area contributed by atoms with Gasteiger partial charge in [-0.05, 0) is 59.5 Å². The van der Waals surface area contributed by atoms with Crippen molar-refractivity contribution in [2.24, 2.45) is 0 Å². The van der Waals surface area contributed by atoms with Gasteiger partial charge < -0.3 is 15.0 Å². The maximum absolute atomic E-state index is 15.4. The topological polar surface area (TPSA) is 79.9 Å². The Morgan fingerprint density at radius 2 is 1.71 bits per heavy atom. The Hall–Kier alpha value is -5.11. The van der Waals surface area contributed by atoms with Crippen molar-refractivity contribution in [3.63, 3.8) is 0 Å². The summed E-state index contributed by atoms with van der Waals surface area (Å²) >= 11 is 0. The van der Waals surface area contributed by atoms with Gasteiger partial charge in [-0.2, -0.15) is 0 Å². The summed E-state index contributed by atoms with van der Waals surface area (Å²) in [6.45, 7) is 2.06. The molecule has 6 nitrogen and oxygen atoms in total. The number of ether oxygens (including phenoxy) is 1. The number of benzene rings is 3. The largest absolute Gasteiger partial charge is 0.496 e. The van der Waals surface area contributed by atoms with Crippen LogP contribution in [0.1, 0.15) is 23.6 Å². The van der Waals surface area contributed by atoms with Crippen LogP contribution < -0.4 is 15.5 Å². The number of hydrogen-bond acceptors (Lipinski definition) is 5. The molecular formula is C33H26F2N4O2. The summed E-state index contributed by atoms with van der Waals surface area (Å²) in [5.74, 6) is 0.134. The van der Waals surface area contributed by atoms with Gasteiger partial charge in [0.1, 0.15) is 23.2 Å². The number of H-pyrrole nitrogens is 1. The van der Waals surface area contributed by atoms with Crippen molar-refractivity contribution in [1.82, 2.24) is 15.0 Å². The van der Waals surface area contributed by atoms with Crippen LogP contribution >= 0.6 is 0 Å². The molecule has 0 spiro atoms. The molecule has 0 aliphatic carbocycles. The van der Waals surface area contributed by atoms with Crippen molar-refractivity contribution in [1.29, 1.82) is 0 Å². The van der Waals surface area contributed by atoms with Crippen LogP contribution in [-0.2, 0) is 12.8 Å². The molecule has 8 heteroatoms. The lowest BCUT2D eigenvalue weighted by Gasteiger charge is -2.13. The highest BCUT2D eigenvalue weighted by atomic mass is 19.1. The SMILES string of the molecule is CCc1cc2c(Cc3ccc(Nc4nccc5[nH]cc(-c6ccccc6F)c(=O)c45)cc3F)ccnc2cc1OC. The quantitative estimate of drug-likeness (QED) is 0.219. The first kappa shape index (κ1) is 26.1. The summed E-state index contributed by atoms with van der Waals surface area (Å²) in [6, 6.07) is 18.5. The first-order chi connectivity index (χ1) is 20.0. The summed E-state index contributed by atoms with van der Waals surface area (Å²) in [6.07, 6.45) is 5.93.